The summed E-state index contributed by atoms with van der Waals surface area (Å²) in [4.78, 5) is 11.7. The van der Waals surface area contributed by atoms with E-state index in [0.717, 1.165) is 32.1 Å². The number of benzene rings is 1. The van der Waals surface area contributed by atoms with Gasteiger partial charge in [-0.05, 0) is 68.0 Å². The Morgan fingerprint density at radius 2 is 1.89 bits per heavy atom. The van der Waals surface area contributed by atoms with Crippen molar-refractivity contribution >= 4 is 14.8 Å². The number of carbonyl (C=O) groups excluding carboxylic acids is 1. The lowest BCUT2D eigenvalue weighted by Crippen LogP contribution is -2.20. The molecular formula is C25H40O2Si. The van der Waals surface area contributed by atoms with Crippen molar-refractivity contribution in [2.24, 2.45) is 17.3 Å². The molecule has 3 unspecified atom stereocenters. The molecule has 0 aliphatic heterocycles. The van der Waals surface area contributed by atoms with Crippen LogP contribution in [0, 0.1) is 17.3 Å². The molecule has 0 amide bonds. The molecule has 1 aliphatic rings. The van der Waals surface area contributed by atoms with Crippen LogP contribution in [-0.2, 0) is 9.22 Å². The van der Waals surface area contributed by atoms with Gasteiger partial charge in [0, 0.05) is 12.8 Å². The van der Waals surface area contributed by atoms with E-state index in [9.17, 15) is 4.79 Å². The van der Waals surface area contributed by atoms with Gasteiger partial charge >= 0.3 is 0 Å². The third-order valence-corrected chi connectivity index (χ3v) is 6.71. The molecule has 0 heterocycles. The number of ketones is 1. The fourth-order valence-corrected chi connectivity index (χ4v) is 5.11. The summed E-state index contributed by atoms with van der Waals surface area (Å²) in [5.74, 6) is 1.43. The molecule has 1 aromatic rings. The average molecular weight is 401 g/mol. The molecule has 3 atom stereocenters. The van der Waals surface area contributed by atoms with Gasteiger partial charge in [-0.1, -0.05) is 63.3 Å². The van der Waals surface area contributed by atoms with Crippen LogP contribution in [0.4, 0.5) is 0 Å². The summed E-state index contributed by atoms with van der Waals surface area (Å²) in [7, 11) is -1.08. The lowest BCUT2D eigenvalue weighted by atomic mass is 9.76. The van der Waals surface area contributed by atoms with E-state index in [1.807, 2.05) is 0 Å². The van der Waals surface area contributed by atoms with E-state index in [1.165, 1.54) is 18.4 Å². The van der Waals surface area contributed by atoms with Crippen LogP contribution in [0.25, 0.3) is 0 Å². The summed E-state index contributed by atoms with van der Waals surface area (Å²) in [6, 6.07) is 10.7. The predicted molar refractivity (Wildman–Crippen MR) is 122 cm³/mol. The SMILES string of the molecule is C[SiH](C)OC(CCCC(C=CC1CCCC(=O)C1)C(C)(C)C)c1ccccc1. The van der Waals surface area contributed by atoms with Crippen molar-refractivity contribution in [2.45, 2.75) is 84.9 Å². The Balaban J connectivity index is 1.95. The number of hydrogen-bond donors (Lipinski definition) is 0. The van der Waals surface area contributed by atoms with Crippen LogP contribution >= 0.6 is 0 Å². The minimum atomic E-state index is -1.08. The fourth-order valence-electron chi connectivity index (χ4n) is 4.16. The molecule has 3 heteroatoms. The Morgan fingerprint density at radius 3 is 2.50 bits per heavy atom. The Bertz CT molecular complexity index is 615. The van der Waals surface area contributed by atoms with E-state index >= 15 is 0 Å². The molecule has 156 valence electrons. The van der Waals surface area contributed by atoms with Crippen molar-refractivity contribution in [2.75, 3.05) is 0 Å². The molecule has 1 saturated carbocycles. The third-order valence-electron chi connectivity index (χ3n) is 5.84. The van der Waals surface area contributed by atoms with E-state index in [2.05, 4.69) is 76.3 Å². The Morgan fingerprint density at radius 1 is 1.18 bits per heavy atom. The second-order valence-electron chi connectivity index (χ2n) is 9.77. The highest BCUT2D eigenvalue weighted by atomic mass is 28.3. The molecule has 0 N–H and O–H groups in total. The Kier molecular flexibility index (Phi) is 9.16. The Hall–Kier alpha value is -1.19. The first-order chi connectivity index (χ1) is 13.3. The van der Waals surface area contributed by atoms with E-state index in [0.29, 0.717) is 17.6 Å². The van der Waals surface area contributed by atoms with Crippen LogP contribution in [0.3, 0.4) is 0 Å². The van der Waals surface area contributed by atoms with Gasteiger partial charge in [-0.3, -0.25) is 4.79 Å². The van der Waals surface area contributed by atoms with Crippen LogP contribution in [0.15, 0.2) is 42.5 Å². The average Bonchev–Trinajstić information content (AvgIpc) is 2.63. The van der Waals surface area contributed by atoms with Gasteiger partial charge < -0.3 is 4.43 Å². The largest absolute Gasteiger partial charge is 0.414 e. The molecule has 28 heavy (non-hydrogen) atoms. The van der Waals surface area contributed by atoms with Crippen LogP contribution < -0.4 is 0 Å². The third kappa shape index (κ3) is 8.04. The first-order valence-corrected chi connectivity index (χ1v) is 13.9. The number of carbonyl (C=O) groups is 1. The van der Waals surface area contributed by atoms with E-state index in [4.69, 9.17) is 4.43 Å². The van der Waals surface area contributed by atoms with Gasteiger partial charge in [0.05, 0.1) is 6.10 Å². The number of Topliss-reactive ketones (excluding diaryl/α,β-unsaturated/α-hetero) is 1. The maximum Gasteiger partial charge on any atom is 0.171 e. The van der Waals surface area contributed by atoms with Crippen molar-refractivity contribution in [3.8, 4) is 0 Å². The summed E-state index contributed by atoms with van der Waals surface area (Å²) in [5, 5.41) is 0. The topological polar surface area (TPSA) is 26.3 Å². The highest BCUT2D eigenvalue weighted by Crippen LogP contribution is 2.34. The highest BCUT2D eigenvalue weighted by Gasteiger charge is 2.24. The lowest BCUT2D eigenvalue weighted by molar-refractivity contribution is -0.121. The van der Waals surface area contributed by atoms with Crippen molar-refractivity contribution in [1.82, 2.24) is 0 Å². The highest BCUT2D eigenvalue weighted by molar-refractivity contribution is 6.48. The zero-order valence-corrected chi connectivity index (χ0v) is 19.8. The first-order valence-electron chi connectivity index (χ1n) is 11.2. The van der Waals surface area contributed by atoms with Crippen molar-refractivity contribution < 1.29 is 9.22 Å². The van der Waals surface area contributed by atoms with Crippen LogP contribution in [0.2, 0.25) is 13.1 Å². The van der Waals surface area contributed by atoms with E-state index in [-0.39, 0.29) is 11.5 Å². The normalized spacial score (nSPS) is 20.6. The summed E-state index contributed by atoms with van der Waals surface area (Å²) >= 11 is 0. The minimum Gasteiger partial charge on any atom is -0.414 e. The first kappa shape index (κ1) is 23.1. The molecule has 1 fully saturated rings. The fraction of sp³-hybridized carbons (Fsp3) is 0.640. The Labute approximate surface area is 174 Å². The van der Waals surface area contributed by atoms with Crippen molar-refractivity contribution in [3.63, 3.8) is 0 Å². The van der Waals surface area contributed by atoms with Gasteiger partial charge in [-0.15, -0.1) is 0 Å². The van der Waals surface area contributed by atoms with E-state index < -0.39 is 9.04 Å². The molecule has 0 aromatic heterocycles. The smallest absolute Gasteiger partial charge is 0.171 e. The number of hydrogen-bond acceptors (Lipinski definition) is 2. The monoisotopic (exact) mass is 400 g/mol. The minimum absolute atomic E-state index is 0.230. The quantitative estimate of drug-likeness (QED) is 0.334. The molecule has 2 nitrogen and oxygen atoms in total. The summed E-state index contributed by atoms with van der Waals surface area (Å²) < 4.78 is 6.35. The van der Waals surface area contributed by atoms with Crippen molar-refractivity contribution in [1.29, 1.82) is 0 Å². The second-order valence-corrected chi connectivity index (χ2v) is 12.1. The molecule has 0 saturated heterocycles. The van der Waals surface area contributed by atoms with Gasteiger partial charge in [0.25, 0.3) is 0 Å². The van der Waals surface area contributed by atoms with Gasteiger partial charge in [-0.2, -0.15) is 0 Å². The lowest BCUT2D eigenvalue weighted by Gasteiger charge is -2.30. The summed E-state index contributed by atoms with van der Waals surface area (Å²) in [6.45, 7) is 11.5. The molecule has 1 aliphatic carbocycles. The molecular weight excluding hydrogens is 360 g/mol. The number of allylic oxidation sites excluding steroid dienone is 2. The van der Waals surface area contributed by atoms with Crippen LogP contribution in [0.1, 0.15) is 77.4 Å². The zero-order chi connectivity index (χ0) is 20.6. The zero-order valence-electron chi connectivity index (χ0n) is 18.6. The molecule has 2 rings (SSSR count). The molecule has 1 aromatic carbocycles. The van der Waals surface area contributed by atoms with Gasteiger partial charge in [0.2, 0.25) is 0 Å². The summed E-state index contributed by atoms with van der Waals surface area (Å²) in [5.41, 5.74) is 1.55. The molecule has 0 radical (unpaired) electrons. The van der Waals surface area contributed by atoms with Crippen molar-refractivity contribution in [3.05, 3.63) is 48.0 Å². The summed E-state index contributed by atoms with van der Waals surface area (Å²) in [6.07, 6.45) is 12.2. The predicted octanol–water partition coefficient (Wildman–Crippen LogP) is 6.88. The number of rotatable bonds is 9. The standard InChI is InChI=1S/C25H40O2Si/c1-25(2,3)22(18-17-20-11-9-15-23(26)19-20)14-10-16-24(27-28(4)5)21-12-7-6-8-13-21/h6-8,12-13,17-18,20,22,24,28H,9-11,14-16,19H2,1-5H3. The van der Waals surface area contributed by atoms with Gasteiger partial charge in [0.15, 0.2) is 9.04 Å². The van der Waals surface area contributed by atoms with E-state index in [1.54, 1.807) is 0 Å². The maximum absolute atomic E-state index is 11.7. The molecule has 0 bridgehead atoms. The van der Waals surface area contributed by atoms with Gasteiger partial charge in [-0.25, -0.2) is 0 Å². The molecule has 0 spiro atoms. The van der Waals surface area contributed by atoms with Gasteiger partial charge in [0.1, 0.15) is 5.78 Å². The van der Waals surface area contributed by atoms with Crippen LogP contribution in [-0.4, -0.2) is 14.8 Å². The second kappa shape index (κ2) is 11.1. The van der Waals surface area contributed by atoms with Crippen LogP contribution in [0.5, 0.6) is 0 Å². The maximum atomic E-state index is 11.7.